The minimum atomic E-state index is -4.61. The number of hydrogen-bond donors (Lipinski definition) is 0. The van der Waals surface area contributed by atoms with Crippen molar-refractivity contribution in [2.45, 2.75) is 18.0 Å². The summed E-state index contributed by atoms with van der Waals surface area (Å²) < 4.78 is 64.2. The van der Waals surface area contributed by atoms with Crippen LogP contribution in [0.5, 0.6) is 0 Å². The van der Waals surface area contributed by atoms with Crippen LogP contribution in [-0.4, -0.2) is 27.0 Å². The van der Waals surface area contributed by atoms with E-state index in [1.807, 2.05) is 0 Å². The molecule has 0 aliphatic heterocycles. The number of rotatable bonds is 4. The maximum absolute atomic E-state index is 13.3. The molecular weight excluding hydrogens is 391 g/mol. The van der Waals surface area contributed by atoms with Crippen LogP contribution in [-0.2, 0) is 16.0 Å². The van der Waals surface area contributed by atoms with Crippen molar-refractivity contribution in [3.8, 4) is 0 Å². The van der Waals surface area contributed by atoms with Crippen LogP contribution in [0.15, 0.2) is 41.3 Å². The van der Waals surface area contributed by atoms with Gasteiger partial charge in [-0.2, -0.15) is 13.2 Å². The van der Waals surface area contributed by atoms with Gasteiger partial charge in [0.2, 0.25) is 0 Å². The van der Waals surface area contributed by atoms with Crippen LogP contribution in [0.4, 0.5) is 24.5 Å². The first-order valence-corrected chi connectivity index (χ1v) is 9.55. The number of para-hydroxylation sites is 1. The van der Waals surface area contributed by atoms with Crippen molar-refractivity contribution < 1.29 is 26.4 Å². The quantitative estimate of drug-likeness (QED) is 0.699. The number of alkyl halides is 3. The fourth-order valence-corrected chi connectivity index (χ4v) is 3.69. The lowest BCUT2D eigenvalue weighted by atomic mass is 10.1. The van der Waals surface area contributed by atoms with Crippen molar-refractivity contribution in [3.05, 3.63) is 53.1 Å². The Labute approximate surface area is 154 Å². The molecule has 140 valence electrons. The van der Waals surface area contributed by atoms with E-state index in [0.717, 1.165) is 23.3 Å². The van der Waals surface area contributed by atoms with Gasteiger partial charge in [-0.3, -0.25) is 4.79 Å². The average molecular weight is 406 g/mol. The van der Waals surface area contributed by atoms with E-state index in [1.54, 1.807) is 0 Å². The van der Waals surface area contributed by atoms with E-state index in [-0.39, 0.29) is 21.8 Å². The van der Waals surface area contributed by atoms with Gasteiger partial charge in [-0.1, -0.05) is 12.1 Å². The van der Waals surface area contributed by atoms with E-state index in [2.05, 4.69) is 0 Å². The Bertz CT molecular complexity index is 972. The van der Waals surface area contributed by atoms with Gasteiger partial charge in [-0.15, -0.1) is 0 Å². The number of hydrogen-bond acceptors (Lipinski definition) is 4. The molecule has 0 fully saturated rings. The molecule has 0 N–H and O–H groups in total. The standard InChI is InChI=1S/C17H15ClF3NO3S/c1-10-8-14(15(26(3,24)25)9-11(10)16(18)23)22(2)13-7-5-4-6-12(13)17(19,20)21/h4-9H,1-3H3. The fourth-order valence-electron chi connectivity index (χ4n) is 2.58. The molecule has 2 rings (SSSR count). The third-order valence-corrected chi connectivity index (χ3v) is 5.18. The molecule has 4 nitrogen and oxygen atoms in total. The number of aryl methyl sites for hydroxylation is 1. The number of nitrogens with zero attached hydrogens (tertiary/aromatic N) is 1. The molecular formula is C17H15ClF3NO3S. The van der Waals surface area contributed by atoms with Crippen LogP contribution in [0.3, 0.4) is 0 Å². The zero-order valence-corrected chi connectivity index (χ0v) is 15.6. The molecule has 9 heteroatoms. The van der Waals surface area contributed by atoms with Crippen molar-refractivity contribution in [2.24, 2.45) is 0 Å². The first-order valence-electron chi connectivity index (χ1n) is 7.28. The highest BCUT2D eigenvalue weighted by molar-refractivity contribution is 7.90. The summed E-state index contributed by atoms with van der Waals surface area (Å²) in [7, 11) is -2.51. The Kier molecular flexibility index (Phi) is 5.39. The average Bonchev–Trinajstić information content (AvgIpc) is 2.51. The van der Waals surface area contributed by atoms with E-state index >= 15 is 0 Å². The number of benzene rings is 2. The van der Waals surface area contributed by atoms with Crippen molar-refractivity contribution in [2.75, 3.05) is 18.2 Å². The smallest absolute Gasteiger partial charge is 0.343 e. The molecule has 0 heterocycles. The molecule has 0 aliphatic carbocycles. The third kappa shape index (κ3) is 4.02. The zero-order valence-electron chi connectivity index (χ0n) is 14.1. The number of sulfone groups is 1. The van der Waals surface area contributed by atoms with E-state index in [9.17, 15) is 26.4 Å². The lowest BCUT2D eigenvalue weighted by Gasteiger charge is -2.26. The van der Waals surface area contributed by atoms with Gasteiger partial charge in [0.25, 0.3) is 5.24 Å². The Morgan fingerprint density at radius 2 is 1.69 bits per heavy atom. The van der Waals surface area contributed by atoms with Crippen LogP contribution in [0.2, 0.25) is 0 Å². The molecule has 0 aliphatic rings. The molecule has 0 spiro atoms. The van der Waals surface area contributed by atoms with Gasteiger partial charge in [-0.05, 0) is 48.4 Å². The second kappa shape index (κ2) is 6.92. The first-order chi connectivity index (χ1) is 11.8. The van der Waals surface area contributed by atoms with Gasteiger partial charge < -0.3 is 4.90 Å². The number of carbonyl (C=O) groups excluding carboxylic acids is 1. The summed E-state index contributed by atoms with van der Waals surface area (Å²) in [5.74, 6) is 0. The van der Waals surface area contributed by atoms with Gasteiger partial charge in [0.15, 0.2) is 9.84 Å². The first kappa shape index (κ1) is 20.3. The maximum atomic E-state index is 13.3. The second-order valence-electron chi connectivity index (χ2n) is 5.75. The summed E-state index contributed by atoms with van der Waals surface area (Å²) in [6, 6.07) is 7.24. The van der Waals surface area contributed by atoms with Gasteiger partial charge in [0.05, 0.1) is 21.8 Å². The van der Waals surface area contributed by atoms with Crippen LogP contribution in [0.1, 0.15) is 21.5 Å². The number of carbonyl (C=O) groups is 1. The van der Waals surface area contributed by atoms with E-state index in [1.165, 1.54) is 38.2 Å². The molecule has 0 bridgehead atoms. The molecule has 0 saturated heterocycles. The molecule has 0 atom stereocenters. The fraction of sp³-hybridized carbons (Fsp3) is 0.235. The van der Waals surface area contributed by atoms with Gasteiger partial charge in [0, 0.05) is 18.9 Å². The SMILES string of the molecule is Cc1cc(N(C)c2ccccc2C(F)(F)F)c(S(C)(=O)=O)cc1C(=O)Cl. The molecule has 0 unspecified atom stereocenters. The highest BCUT2D eigenvalue weighted by Crippen LogP contribution is 2.40. The summed E-state index contributed by atoms with van der Waals surface area (Å²) >= 11 is 5.47. The number of anilines is 2. The van der Waals surface area contributed by atoms with Crippen molar-refractivity contribution in [1.29, 1.82) is 0 Å². The summed E-state index contributed by atoms with van der Waals surface area (Å²) in [4.78, 5) is 12.3. The van der Waals surface area contributed by atoms with Gasteiger partial charge >= 0.3 is 6.18 Å². The summed E-state index contributed by atoms with van der Waals surface area (Å²) in [6.07, 6.45) is -3.70. The lowest BCUT2D eigenvalue weighted by molar-refractivity contribution is -0.137. The lowest BCUT2D eigenvalue weighted by Crippen LogP contribution is -2.19. The zero-order chi connectivity index (χ0) is 19.9. The minimum absolute atomic E-state index is 0.0170. The predicted octanol–water partition coefficient (Wildman–Crippen LogP) is 4.56. The van der Waals surface area contributed by atoms with E-state index in [0.29, 0.717) is 5.56 Å². The van der Waals surface area contributed by atoms with Crippen LogP contribution in [0, 0.1) is 6.92 Å². The van der Waals surface area contributed by atoms with Crippen LogP contribution < -0.4 is 4.90 Å². The molecule has 0 saturated carbocycles. The highest BCUT2D eigenvalue weighted by atomic mass is 35.5. The normalized spacial score (nSPS) is 12.1. The summed E-state index contributed by atoms with van der Waals surface area (Å²) in [6.45, 7) is 1.52. The Morgan fingerprint density at radius 1 is 1.12 bits per heavy atom. The third-order valence-electron chi connectivity index (χ3n) is 3.85. The number of halogens is 4. The largest absolute Gasteiger partial charge is 0.418 e. The minimum Gasteiger partial charge on any atom is -0.343 e. The van der Waals surface area contributed by atoms with Crippen LogP contribution >= 0.6 is 11.6 Å². The second-order valence-corrected chi connectivity index (χ2v) is 8.08. The molecule has 2 aromatic rings. The molecule has 26 heavy (non-hydrogen) atoms. The summed E-state index contributed by atoms with van der Waals surface area (Å²) in [5.41, 5.74) is -0.771. The van der Waals surface area contributed by atoms with E-state index < -0.39 is 26.8 Å². The summed E-state index contributed by atoms with van der Waals surface area (Å²) in [5, 5.41) is -0.850. The maximum Gasteiger partial charge on any atom is 0.418 e. The van der Waals surface area contributed by atoms with Gasteiger partial charge in [-0.25, -0.2) is 8.42 Å². The molecule has 0 radical (unpaired) electrons. The topological polar surface area (TPSA) is 54.5 Å². The molecule has 2 aromatic carbocycles. The molecule has 0 aromatic heterocycles. The Morgan fingerprint density at radius 3 is 2.19 bits per heavy atom. The van der Waals surface area contributed by atoms with Gasteiger partial charge in [0.1, 0.15) is 0 Å². The molecule has 0 amide bonds. The monoisotopic (exact) mass is 405 g/mol. The van der Waals surface area contributed by atoms with Crippen molar-refractivity contribution in [1.82, 2.24) is 0 Å². The van der Waals surface area contributed by atoms with Crippen molar-refractivity contribution in [3.63, 3.8) is 0 Å². The Hall–Kier alpha value is -2.06. The Balaban J connectivity index is 2.77. The van der Waals surface area contributed by atoms with E-state index in [4.69, 9.17) is 11.6 Å². The highest BCUT2D eigenvalue weighted by Gasteiger charge is 2.35. The van der Waals surface area contributed by atoms with Crippen molar-refractivity contribution >= 4 is 38.1 Å². The van der Waals surface area contributed by atoms with Crippen LogP contribution in [0.25, 0.3) is 0 Å². The predicted molar refractivity (Wildman–Crippen MR) is 94.0 cm³/mol.